The predicted molar refractivity (Wildman–Crippen MR) is 129 cm³/mol. The molecule has 0 atom stereocenters. The van der Waals surface area contributed by atoms with E-state index in [2.05, 4.69) is 20.9 Å². The lowest BCUT2D eigenvalue weighted by atomic mass is 10.1. The summed E-state index contributed by atoms with van der Waals surface area (Å²) in [5, 5.41) is 9.29. The number of hydrogen-bond acceptors (Lipinski definition) is 5. The minimum Gasteiger partial charge on any atom is -0.493 e. The number of nitrogens with one attached hydrogen (secondary N) is 3. The van der Waals surface area contributed by atoms with Gasteiger partial charge in [0.25, 0.3) is 0 Å². The van der Waals surface area contributed by atoms with Crippen LogP contribution < -0.4 is 30.2 Å². The number of amides is 1. The molecule has 0 unspecified atom stereocenters. The number of rotatable bonds is 8. The van der Waals surface area contributed by atoms with Crippen LogP contribution >= 0.6 is 24.0 Å². The van der Waals surface area contributed by atoms with Gasteiger partial charge in [-0.05, 0) is 35.4 Å². The Hall–Kier alpha value is -2.69. The number of methoxy groups -OCH3 is 3. The van der Waals surface area contributed by atoms with Crippen LogP contribution in [0.15, 0.2) is 41.4 Å². The standard InChI is InChI=1S/C21H28N4O4.HI/c1-14(26)25-17-8-6-7-15(9-17)12-23-21(22-2)24-13-16-10-18(27-3)20(29-5)19(11-16)28-4;/h6-11H,12-13H2,1-5H3,(H,25,26)(H2,22,23,24);1H. The Morgan fingerprint density at radius 3 is 2.03 bits per heavy atom. The van der Waals surface area contributed by atoms with Crippen LogP contribution in [0.3, 0.4) is 0 Å². The van der Waals surface area contributed by atoms with Gasteiger partial charge in [-0.15, -0.1) is 24.0 Å². The third-order valence-electron chi connectivity index (χ3n) is 4.12. The summed E-state index contributed by atoms with van der Waals surface area (Å²) in [6.07, 6.45) is 0. The normalized spacial score (nSPS) is 10.5. The molecular weight excluding hydrogens is 499 g/mol. The summed E-state index contributed by atoms with van der Waals surface area (Å²) in [5.74, 6) is 2.30. The van der Waals surface area contributed by atoms with Gasteiger partial charge in [0.1, 0.15) is 0 Å². The van der Waals surface area contributed by atoms with E-state index in [-0.39, 0.29) is 29.9 Å². The molecule has 0 radical (unpaired) electrons. The summed E-state index contributed by atoms with van der Waals surface area (Å²) in [6, 6.07) is 11.4. The highest BCUT2D eigenvalue weighted by atomic mass is 127. The molecule has 0 aliphatic carbocycles. The van der Waals surface area contributed by atoms with Crippen molar-refractivity contribution in [1.82, 2.24) is 10.6 Å². The number of hydrogen-bond donors (Lipinski definition) is 3. The molecule has 0 heterocycles. The van der Waals surface area contributed by atoms with Crippen LogP contribution in [0.4, 0.5) is 5.69 Å². The van der Waals surface area contributed by atoms with Gasteiger partial charge in [0.15, 0.2) is 17.5 Å². The lowest BCUT2D eigenvalue weighted by Gasteiger charge is -2.16. The first kappa shape index (κ1) is 25.3. The SMILES string of the molecule is CN=C(NCc1cccc(NC(C)=O)c1)NCc1cc(OC)c(OC)c(OC)c1.I. The summed E-state index contributed by atoms with van der Waals surface area (Å²) >= 11 is 0. The summed E-state index contributed by atoms with van der Waals surface area (Å²) in [5.41, 5.74) is 2.74. The van der Waals surface area contributed by atoms with Crippen LogP contribution in [0.5, 0.6) is 17.2 Å². The summed E-state index contributed by atoms with van der Waals surface area (Å²) in [7, 11) is 6.46. The van der Waals surface area contributed by atoms with Gasteiger partial charge < -0.3 is 30.2 Å². The topological polar surface area (TPSA) is 93.2 Å². The highest BCUT2D eigenvalue weighted by Crippen LogP contribution is 2.38. The number of halogens is 1. The fourth-order valence-electron chi connectivity index (χ4n) is 2.79. The summed E-state index contributed by atoms with van der Waals surface area (Å²) in [4.78, 5) is 15.5. The zero-order chi connectivity index (χ0) is 21.2. The Morgan fingerprint density at radius 1 is 0.933 bits per heavy atom. The number of ether oxygens (including phenoxy) is 3. The van der Waals surface area contributed by atoms with Gasteiger partial charge in [-0.2, -0.15) is 0 Å². The van der Waals surface area contributed by atoms with E-state index in [0.717, 1.165) is 16.8 Å². The highest BCUT2D eigenvalue weighted by molar-refractivity contribution is 14.0. The van der Waals surface area contributed by atoms with Crippen LogP contribution in [0.2, 0.25) is 0 Å². The van der Waals surface area contributed by atoms with Crippen molar-refractivity contribution >= 4 is 41.5 Å². The van der Waals surface area contributed by atoms with E-state index in [0.29, 0.717) is 36.3 Å². The minimum atomic E-state index is -0.0991. The molecule has 9 heteroatoms. The number of benzene rings is 2. The van der Waals surface area contributed by atoms with E-state index >= 15 is 0 Å². The van der Waals surface area contributed by atoms with Crippen LogP contribution in [-0.2, 0) is 17.9 Å². The Kier molecular flexibility index (Phi) is 10.8. The fourth-order valence-corrected chi connectivity index (χ4v) is 2.79. The molecule has 0 spiro atoms. The number of nitrogens with zero attached hydrogens (tertiary/aromatic N) is 1. The predicted octanol–water partition coefficient (Wildman–Crippen LogP) is 3.15. The van der Waals surface area contributed by atoms with E-state index in [4.69, 9.17) is 14.2 Å². The number of carbonyl (C=O) groups excluding carboxylic acids is 1. The molecular formula is C21H29IN4O4. The number of anilines is 1. The van der Waals surface area contributed by atoms with Gasteiger partial charge in [0.2, 0.25) is 11.7 Å². The molecule has 164 valence electrons. The molecule has 0 saturated carbocycles. The van der Waals surface area contributed by atoms with Crippen LogP contribution in [0, 0.1) is 0 Å². The molecule has 3 N–H and O–H groups in total. The largest absolute Gasteiger partial charge is 0.493 e. The zero-order valence-electron chi connectivity index (χ0n) is 17.9. The molecule has 0 bridgehead atoms. The fraction of sp³-hybridized carbons (Fsp3) is 0.333. The molecule has 0 aromatic heterocycles. The maximum atomic E-state index is 11.2. The lowest BCUT2D eigenvalue weighted by Crippen LogP contribution is -2.36. The average Bonchev–Trinajstić information content (AvgIpc) is 2.72. The maximum absolute atomic E-state index is 11.2. The second kappa shape index (κ2) is 12.8. The molecule has 8 nitrogen and oxygen atoms in total. The molecule has 1 amide bonds. The van der Waals surface area contributed by atoms with E-state index < -0.39 is 0 Å². The Bertz CT molecular complexity index is 849. The number of aliphatic imine (C=N–C) groups is 1. The minimum absolute atomic E-state index is 0. The zero-order valence-corrected chi connectivity index (χ0v) is 20.2. The van der Waals surface area contributed by atoms with E-state index in [1.54, 1.807) is 28.4 Å². The van der Waals surface area contributed by atoms with Crippen molar-refractivity contribution in [3.05, 3.63) is 47.5 Å². The van der Waals surface area contributed by atoms with Crippen LogP contribution in [-0.4, -0.2) is 40.2 Å². The quantitative estimate of drug-likeness (QED) is 0.277. The van der Waals surface area contributed by atoms with Crippen molar-refractivity contribution < 1.29 is 19.0 Å². The molecule has 2 aromatic carbocycles. The smallest absolute Gasteiger partial charge is 0.221 e. The second-order valence-corrected chi connectivity index (χ2v) is 6.19. The highest BCUT2D eigenvalue weighted by Gasteiger charge is 2.13. The second-order valence-electron chi connectivity index (χ2n) is 6.19. The van der Waals surface area contributed by atoms with Gasteiger partial charge in [0, 0.05) is 32.7 Å². The van der Waals surface area contributed by atoms with Crippen molar-refractivity contribution in [2.75, 3.05) is 33.7 Å². The monoisotopic (exact) mass is 528 g/mol. The average molecular weight is 528 g/mol. The van der Waals surface area contributed by atoms with Crippen molar-refractivity contribution in [1.29, 1.82) is 0 Å². The molecule has 0 aliphatic heterocycles. The first-order valence-corrected chi connectivity index (χ1v) is 9.10. The van der Waals surface area contributed by atoms with Crippen molar-refractivity contribution in [3.8, 4) is 17.2 Å². The summed E-state index contributed by atoms with van der Waals surface area (Å²) in [6.45, 7) is 2.56. The first-order chi connectivity index (χ1) is 14.0. The van der Waals surface area contributed by atoms with Crippen molar-refractivity contribution in [2.24, 2.45) is 4.99 Å². The van der Waals surface area contributed by atoms with Crippen LogP contribution in [0.25, 0.3) is 0 Å². The van der Waals surface area contributed by atoms with Crippen LogP contribution in [0.1, 0.15) is 18.1 Å². The Labute approximate surface area is 194 Å². The van der Waals surface area contributed by atoms with Gasteiger partial charge >= 0.3 is 0 Å². The van der Waals surface area contributed by atoms with E-state index in [1.807, 2.05) is 36.4 Å². The van der Waals surface area contributed by atoms with Gasteiger partial charge in [-0.25, -0.2) is 0 Å². The molecule has 0 fully saturated rings. The van der Waals surface area contributed by atoms with Crippen molar-refractivity contribution in [3.63, 3.8) is 0 Å². The molecule has 2 aromatic rings. The van der Waals surface area contributed by atoms with E-state index in [9.17, 15) is 4.79 Å². The maximum Gasteiger partial charge on any atom is 0.221 e. The number of carbonyl (C=O) groups is 1. The Morgan fingerprint density at radius 2 is 1.53 bits per heavy atom. The summed E-state index contributed by atoms with van der Waals surface area (Å²) < 4.78 is 16.1. The Balaban J connectivity index is 0.00000450. The molecule has 2 rings (SSSR count). The molecule has 0 aliphatic rings. The van der Waals surface area contributed by atoms with Gasteiger partial charge in [-0.3, -0.25) is 9.79 Å². The number of guanidine groups is 1. The van der Waals surface area contributed by atoms with Crippen molar-refractivity contribution in [2.45, 2.75) is 20.0 Å². The third-order valence-corrected chi connectivity index (χ3v) is 4.12. The van der Waals surface area contributed by atoms with Gasteiger partial charge in [-0.1, -0.05) is 12.1 Å². The molecule has 30 heavy (non-hydrogen) atoms. The van der Waals surface area contributed by atoms with E-state index in [1.165, 1.54) is 6.92 Å². The van der Waals surface area contributed by atoms with Gasteiger partial charge in [0.05, 0.1) is 21.3 Å². The third kappa shape index (κ3) is 7.29. The lowest BCUT2D eigenvalue weighted by molar-refractivity contribution is -0.114. The molecule has 0 saturated heterocycles. The first-order valence-electron chi connectivity index (χ1n) is 9.10.